The molecule has 0 radical (unpaired) electrons. The Morgan fingerprint density at radius 1 is 1.33 bits per heavy atom. The van der Waals surface area contributed by atoms with Gasteiger partial charge in [0.05, 0.1) is 11.5 Å². The minimum Gasteiger partial charge on any atom is -0.481 e. The van der Waals surface area contributed by atoms with Crippen LogP contribution in [0.25, 0.3) is 0 Å². The zero-order valence-corrected chi connectivity index (χ0v) is 6.46. The van der Waals surface area contributed by atoms with E-state index in [4.69, 9.17) is 39.9 Å². The molecule has 0 amide bonds. The van der Waals surface area contributed by atoms with E-state index in [0.29, 0.717) is 0 Å². The van der Waals surface area contributed by atoms with E-state index < -0.39 is 5.97 Å². The number of aliphatic carboxylic acids is 1. The molecule has 0 saturated carbocycles. The van der Waals surface area contributed by atoms with Crippen LogP contribution in [0.3, 0.4) is 0 Å². The maximum Gasteiger partial charge on any atom is 0.308 e. The molecule has 0 aromatic rings. The van der Waals surface area contributed by atoms with E-state index in [-0.39, 0.29) is 15.9 Å². The lowest BCUT2D eigenvalue weighted by Gasteiger charge is -1.90. The summed E-state index contributed by atoms with van der Waals surface area (Å²) < 4.78 is -0.195. The SMILES string of the molecule is O=C(O)CC(Cl)=C(Cl)Cl. The lowest BCUT2D eigenvalue weighted by molar-refractivity contribution is -0.136. The topological polar surface area (TPSA) is 37.3 Å². The van der Waals surface area contributed by atoms with Crippen LogP contribution in [0, 0.1) is 0 Å². The average molecular weight is 189 g/mol. The molecular formula is C4H3Cl3O2. The Kier molecular flexibility index (Phi) is 4.02. The Labute approximate surface area is 67.0 Å². The van der Waals surface area contributed by atoms with Gasteiger partial charge >= 0.3 is 5.97 Å². The molecule has 0 rings (SSSR count). The van der Waals surface area contributed by atoms with Gasteiger partial charge in [-0.2, -0.15) is 0 Å². The molecule has 0 aliphatic heterocycles. The van der Waals surface area contributed by atoms with Crippen molar-refractivity contribution in [3.8, 4) is 0 Å². The minimum atomic E-state index is -1.06. The van der Waals surface area contributed by atoms with E-state index in [0.717, 1.165) is 0 Å². The third-order valence-corrected chi connectivity index (χ3v) is 1.48. The zero-order valence-electron chi connectivity index (χ0n) is 4.20. The normalized spacial score (nSPS) is 8.78. The van der Waals surface area contributed by atoms with Gasteiger partial charge in [0.2, 0.25) is 0 Å². The minimum absolute atomic E-state index is 0.0502. The molecule has 1 N–H and O–H groups in total. The van der Waals surface area contributed by atoms with Crippen molar-refractivity contribution in [1.82, 2.24) is 0 Å². The molecule has 0 aliphatic rings. The largest absolute Gasteiger partial charge is 0.481 e. The summed E-state index contributed by atoms with van der Waals surface area (Å²) in [5.74, 6) is -1.06. The van der Waals surface area contributed by atoms with E-state index in [9.17, 15) is 4.79 Å². The van der Waals surface area contributed by atoms with Crippen LogP contribution in [0.5, 0.6) is 0 Å². The van der Waals surface area contributed by atoms with E-state index in [1.54, 1.807) is 0 Å². The number of halogens is 3. The second-order valence-corrected chi connectivity index (χ2v) is 2.64. The lowest BCUT2D eigenvalue weighted by Crippen LogP contribution is -1.93. The molecule has 0 spiro atoms. The van der Waals surface area contributed by atoms with Crippen molar-refractivity contribution >= 4 is 40.8 Å². The van der Waals surface area contributed by atoms with Crippen molar-refractivity contribution in [3.63, 3.8) is 0 Å². The molecule has 2 nitrogen and oxygen atoms in total. The summed E-state index contributed by atoms with van der Waals surface area (Å²) in [5, 5.41) is 8.05. The maximum atomic E-state index is 9.88. The molecule has 5 heteroatoms. The van der Waals surface area contributed by atoms with Crippen LogP contribution in [-0.4, -0.2) is 11.1 Å². The van der Waals surface area contributed by atoms with Gasteiger partial charge in [-0.1, -0.05) is 34.8 Å². The van der Waals surface area contributed by atoms with E-state index in [1.165, 1.54) is 0 Å². The van der Waals surface area contributed by atoms with Crippen LogP contribution >= 0.6 is 34.8 Å². The standard InChI is InChI=1S/C4H3Cl3O2/c5-2(4(6)7)1-3(8)9/h1H2,(H,8,9). The second kappa shape index (κ2) is 3.99. The van der Waals surface area contributed by atoms with E-state index >= 15 is 0 Å². The first-order chi connectivity index (χ1) is 4.04. The molecule has 0 heterocycles. The highest BCUT2D eigenvalue weighted by Gasteiger charge is 2.03. The van der Waals surface area contributed by atoms with E-state index in [2.05, 4.69) is 0 Å². The quantitative estimate of drug-likeness (QED) is 0.724. The predicted molar refractivity (Wildman–Crippen MR) is 36.8 cm³/mol. The Hall–Kier alpha value is 0.0800. The number of carbonyl (C=O) groups is 1. The van der Waals surface area contributed by atoms with Gasteiger partial charge in [0.25, 0.3) is 0 Å². The lowest BCUT2D eigenvalue weighted by atomic mass is 10.4. The van der Waals surface area contributed by atoms with Gasteiger partial charge in [-0.15, -0.1) is 0 Å². The molecular weight excluding hydrogens is 186 g/mol. The summed E-state index contributed by atoms with van der Waals surface area (Å²) in [5.41, 5.74) is 0. The summed E-state index contributed by atoms with van der Waals surface area (Å²) in [7, 11) is 0. The van der Waals surface area contributed by atoms with Crippen molar-refractivity contribution in [2.45, 2.75) is 6.42 Å². The van der Waals surface area contributed by atoms with Gasteiger partial charge in [-0.25, -0.2) is 0 Å². The smallest absolute Gasteiger partial charge is 0.308 e. The van der Waals surface area contributed by atoms with Crippen LogP contribution in [0.15, 0.2) is 9.52 Å². The Bertz CT molecular complexity index is 148. The Morgan fingerprint density at radius 3 is 1.89 bits per heavy atom. The van der Waals surface area contributed by atoms with Crippen LogP contribution in [0.4, 0.5) is 0 Å². The first kappa shape index (κ1) is 9.08. The molecule has 0 saturated heterocycles. The number of carboxylic acid groups (broad SMARTS) is 1. The van der Waals surface area contributed by atoms with Gasteiger partial charge in [0, 0.05) is 0 Å². The molecule has 0 aliphatic carbocycles. The van der Waals surface area contributed by atoms with Crippen LogP contribution in [-0.2, 0) is 4.79 Å². The fourth-order valence-electron chi connectivity index (χ4n) is 0.200. The van der Waals surface area contributed by atoms with Gasteiger partial charge < -0.3 is 5.11 Å². The Balaban J connectivity index is 3.92. The molecule has 0 aromatic carbocycles. The van der Waals surface area contributed by atoms with Crippen molar-refractivity contribution in [3.05, 3.63) is 9.52 Å². The van der Waals surface area contributed by atoms with Gasteiger partial charge in [-0.05, 0) is 0 Å². The summed E-state index contributed by atoms with van der Waals surface area (Å²) in [6.07, 6.45) is -0.329. The highest BCUT2D eigenvalue weighted by atomic mass is 35.5. The summed E-state index contributed by atoms with van der Waals surface area (Å²) >= 11 is 15.5. The number of rotatable bonds is 2. The van der Waals surface area contributed by atoms with Crippen molar-refractivity contribution < 1.29 is 9.90 Å². The average Bonchev–Trinajstić information content (AvgIpc) is 1.63. The molecule has 0 bridgehead atoms. The fourth-order valence-corrected chi connectivity index (χ4v) is 0.448. The predicted octanol–water partition coefficient (Wildman–Crippen LogP) is 2.35. The summed E-state index contributed by atoms with van der Waals surface area (Å²) in [6.45, 7) is 0. The van der Waals surface area contributed by atoms with Gasteiger partial charge in [0.15, 0.2) is 0 Å². The first-order valence-corrected chi connectivity index (χ1v) is 3.09. The van der Waals surface area contributed by atoms with E-state index in [1.807, 2.05) is 0 Å². The van der Waals surface area contributed by atoms with Gasteiger partial charge in [-0.3, -0.25) is 4.79 Å². The zero-order chi connectivity index (χ0) is 7.44. The summed E-state index contributed by atoms with van der Waals surface area (Å²) in [4.78, 5) is 9.88. The number of hydrogen-bond donors (Lipinski definition) is 1. The fraction of sp³-hybridized carbons (Fsp3) is 0.250. The molecule has 0 unspecified atom stereocenters. The molecule has 52 valence electrons. The highest BCUT2D eigenvalue weighted by molar-refractivity contribution is 6.59. The molecule has 0 atom stereocenters. The van der Waals surface area contributed by atoms with Crippen molar-refractivity contribution in [2.24, 2.45) is 0 Å². The summed E-state index contributed by atoms with van der Waals surface area (Å²) in [6, 6.07) is 0. The third-order valence-electron chi connectivity index (χ3n) is 0.511. The van der Waals surface area contributed by atoms with Crippen LogP contribution in [0.2, 0.25) is 0 Å². The highest BCUT2D eigenvalue weighted by Crippen LogP contribution is 2.20. The second-order valence-electron chi connectivity index (χ2n) is 1.24. The number of hydrogen-bond acceptors (Lipinski definition) is 1. The molecule has 0 fully saturated rings. The van der Waals surface area contributed by atoms with Crippen molar-refractivity contribution in [2.75, 3.05) is 0 Å². The van der Waals surface area contributed by atoms with Crippen LogP contribution < -0.4 is 0 Å². The van der Waals surface area contributed by atoms with Gasteiger partial charge in [0.1, 0.15) is 4.49 Å². The third kappa shape index (κ3) is 4.58. The monoisotopic (exact) mass is 188 g/mol. The maximum absolute atomic E-state index is 9.88. The van der Waals surface area contributed by atoms with Crippen molar-refractivity contribution in [1.29, 1.82) is 0 Å². The molecule has 9 heavy (non-hydrogen) atoms. The van der Waals surface area contributed by atoms with Crippen LogP contribution in [0.1, 0.15) is 6.42 Å². The number of carboxylic acids is 1. The Morgan fingerprint density at radius 2 is 1.78 bits per heavy atom. The first-order valence-electron chi connectivity index (χ1n) is 1.95. The molecule has 0 aromatic heterocycles.